The molecule has 1 amide bonds. The third-order valence-electron chi connectivity index (χ3n) is 5.12. The number of methoxy groups -OCH3 is 1. The summed E-state index contributed by atoms with van der Waals surface area (Å²) in [7, 11) is 3.19. The molecule has 1 N–H and O–H groups in total. The Balaban J connectivity index is 1.83. The summed E-state index contributed by atoms with van der Waals surface area (Å²) in [5.74, 6) is -0.364. The smallest absolute Gasteiger partial charge is 0.410 e. The van der Waals surface area contributed by atoms with E-state index in [1.807, 2.05) is 37.8 Å². The summed E-state index contributed by atoms with van der Waals surface area (Å²) in [6, 6.07) is 5.85. The molecule has 0 saturated carbocycles. The number of nitrogens with one attached hydrogen (secondary N) is 1. The normalized spacial score (nSPS) is 21.8. The van der Waals surface area contributed by atoms with Gasteiger partial charge in [0.25, 0.3) is 0 Å². The maximum absolute atomic E-state index is 12.6. The predicted molar refractivity (Wildman–Crippen MR) is 104 cm³/mol. The van der Waals surface area contributed by atoms with Crippen molar-refractivity contribution in [3.63, 3.8) is 0 Å². The maximum Gasteiger partial charge on any atom is 0.410 e. The molecule has 2 aliphatic heterocycles. The first-order valence-corrected chi connectivity index (χ1v) is 9.40. The molecule has 1 aromatic rings. The summed E-state index contributed by atoms with van der Waals surface area (Å²) in [5, 5.41) is 3.14. The number of fused-ring (bicyclic) bond motifs is 2. The van der Waals surface area contributed by atoms with Gasteiger partial charge in [0.2, 0.25) is 0 Å². The highest BCUT2D eigenvalue weighted by Crippen LogP contribution is 2.37. The van der Waals surface area contributed by atoms with Crippen LogP contribution in [0.5, 0.6) is 0 Å². The van der Waals surface area contributed by atoms with E-state index in [-0.39, 0.29) is 24.1 Å². The molecular weight excluding hydrogens is 346 g/mol. The van der Waals surface area contributed by atoms with E-state index in [1.165, 1.54) is 7.11 Å². The Kier molecular flexibility index (Phi) is 5.22. The van der Waals surface area contributed by atoms with E-state index in [1.54, 1.807) is 13.1 Å². The largest absolute Gasteiger partial charge is 0.465 e. The number of carbonyl (C=O) groups is 2. The number of esters is 1. The molecule has 2 atom stereocenters. The van der Waals surface area contributed by atoms with Crippen LogP contribution in [-0.2, 0) is 9.47 Å². The lowest BCUT2D eigenvalue weighted by Gasteiger charge is -2.42. The Morgan fingerprint density at radius 1 is 1.15 bits per heavy atom. The standard InChI is InChI=1S/C20H29N3O4/c1-20(2,3)27-19(25)23-13-9-10-14(23)12-22(11-13)16-8-6-7-15(17(16)21-4)18(24)26-5/h6-8,13-14,21H,9-12H2,1-5H3/t13-,14+. The van der Waals surface area contributed by atoms with Crippen LogP contribution >= 0.6 is 0 Å². The van der Waals surface area contributed by atoms with Gasteiger partial charge in [-0.3, -0.25) is 4.90 Å². The number of piperazine rings is 1. The number of carbonyl (C=O) groups excluding carboxylic acids is 2. The van der Waals surface area contributed by atoms with Crippen molar-refractivity contribution in [1.82, 2.24) is 4.90 Å². The van der Waals surface area contributed by atoms with Gasteiger partial charge >= 0.3 is 12.1 Å². The van der Waals surface area contributed by atoms with Crippen molar-refractivity contribution in [3.05, 3.63) is 23.8 Å². The summed E-state index contributed by atoms with van der Waals surface area (Å²) in [5.41, 5.74) is 1.73. The van der Waals surface area contributed by atoms with E-state index in [2.05, 4.69) is 10.2 Å². The average molecular weight is 375 g/mol. The zero-order valence-corrected chi connectivity index (χ0v) is 16.7. The first-order valence-electron chi connectivity index (χ1n) is 9.40. The zero-order valence-electron chi connectivity index (χ0n) is 16.7. The van der Waals surface area contributed by atoms with E-state index in [4.69, 9.17) is 9.47 Å². The summed E-state index contributed by atoms with van der Waals surface area (Å²) < 4.78 is 10.5. The number of anilines is 2. The lowest BCUT2D eigenvalue weighted by atomic mass is 10.1. The highest BCUT2D eigenvalue weighted by molar-refractivity contribution is 5.99. The second kappa shape index (κ2) is 7.29. The Morgan fingerprint density at radius 3 is 2.30 bits per heavy atom. The number of hydrogen-bond acceptors (Lipinski definition) is 6. The van der Waals surface area contributed by atoms with Crippen molar-refractivity contribution in [3.8, 4) is 0 Å². The molecule has 0 radical (unpaired) electrons. The number of rotatable bonds is 3. The van der Waals surface area contributed by atoms with Gasteiger partial charge in [-0.1, -0.05) is 6.07 Å². The van der Waals surface area contributed by atoms with E-state index in [9.17, 15) is 9.59 Å². The highest BCUT2D eigenvalue weighted by atomic mass is 16.6. The predicted octanol–water partition coefficient (Wildman–Crippen LogP) is 3.10. The summed E-state index contributed by atoms with van der Waals surface area (Å²) >= 11 is 0. The first-order chi connectivity index (χ1) is 12.7. The van der Waals surface area contributed by atoms with Crippen molar-refractivity contribution in [2.24, 2.45) is 0 Å². The molecular formula is C20H29N3O4. The van der Waals surface area contributed by atoms with Gasteiger partial charge in [-0.2, -0.15) is 0 Å². The molecule has 27 heavy (non-hydrogen) atoms. The van der Waals surface area contributed by atoms with Crippen LogP contribution in [-0.4, -0.2) is 61.9 Å². The minimum Gasteiger partial charge on any atom is -0.465 e. The van der Waals surface area contributed by atoms with Gasteiger partial charge in [0.05, 0.1) is 36.1 Å². The topological polar surface area (TPSA) is 71.1 Å². The summed E-state index contributed by atoms with van der Waals surface area (Å²) in [4.78, 5) is 28.9. The summed E-state index contributed by atoms with van der Waals surface area (Å²) in [6.45, 7) is 7.10. The quantitative estimate of drug-likeness (QED) is 0.819. The van der Waals surface area contributed by atoms with Gasteiger partial charge in [-0.25, -0.2) is 9.59 Å². The van der Waals surface area contributed by atoms with Gasteiger partial charge in [0.15, 0.2) is 0 Å². The second-order valence-electron chi connectivity index (χ2n) is 8.12. The zero-order chi connectivity index (χ0) is 19.8. The van der Waals surface area contributed by atoms with Crippen LogP contribution in [0.1, 0.15) is 44.0 Å². The van der Waals surface area contributed by atoms with Gasteiger partial charge in [0.1, 0.15) is 5.60 Å². The Labute approximate surface area is 160 Å². The van der Waals surface area contributed by atoms with E-state index >= 15 is 0 Å². The fraction of sp³-hybridized carbons (Fsp3) is 0.600. The number of hydrogen-bond donors (Lipinski definition) is 1. The summed E-state index contributed by atoms with van der Waals surface area (Å²) in [6.07, 6.45) is 1.70. The molecule has 1 aromatic carbocycles. The minimum atomic E-state index is -0.498. The van der Waals surface area contributed by atoms with Crippen molar-refractivity contribution in [2.45, 2.75) is 51.3 Å². The van der Waals surface area contributed by atoms with Crippen LogP contribution in [0.4, 0.5) is 16.2 Å². The second-order valence-corrected chi connectivity index (χ2v) is 8.12. The molecule has 7 nitrogen and oxygen atoms in total. The SMILES string of the molecule is CNc1c(C(=O)OC)cccc1N1C[C@H]2CC[C@@H](C1)N2C(=O)OC(C)(C)C. The number of benzene rings is 1. The molecule has 2 saturated heterocycles. The molecule has 2 bridgehead atoms. The van der Waals surface area contributed by atoms with Gasteiger partial charge in [-0.15, -0.1) is 0 Å². The maximum atomic E-state index is 12.6. The Morgan fingerprint density at radius 2 is 1.78 bits per heavy atom. The third kappa shape index (κ3) is 3.82. The fourth-order valence-corrected chi connectivity index (χ4v) is 4.06. The van der Waals surface area contributed by atoms with Crippen molar-refractivity contribution < 1.29 is 19.1 Å². The number of amides is 1. The molecule has 2 fully saturated rings. The van der Waals surface area contributed by atoms with Crippen molar-refractivity contribution in [1.29, 1.82) is 0 Å². The highest BCUT2D eigenvalue weighted by Gasteiger charge is 2.44. The molecule has 2 heterocycles. The van der Waals surface area contributed by atoms with Gasteiger partial charge in [-0.05, 0) is 45.7 Å². The number of ether oxygens (including phenoxy) is 2. The van der Waals surface area contributed by atoms with E-state index in [0.717, 1.165) is 37.3 Å². The molecule has 0 unspecified atom stereocenters. The van der Waals surface area contributed by atoms with Crippen molar-refractivity contribution in [2.75, 3.05) is 37.5 Å². The Bertz CT molecular complexity index is 714. The number of para-hydroxylation sites is 1. The van der Waals surface area contributed by atoms with E-state index < -0.39 is 5.60 Å². The van der Waals surface area contributed by atoms with Gasteiger partial charge < -0.3 is 19.7 Å². The molecule has 0 aromatic heterocycles. The fourth-order valence-electron chi connectivity index (χ4n) is 4.06. The minimum absolute atomic E-state index is 0.116. The molecule has 2 aliphatic rings. The Hall–Kier alpha value is -2.44. The molecule has 0 aliphatic carbocycles. The monoisotopic (exact) mass is 375 g/mol. The average Bonchev–Trinajstić information content (AvgIpc) is 2.89. The van der Waals surface area contributed by atoms with Crippen LogP contribution in [0.3, 0.4) is 0 Å². The molecule has 0 spiro atoms. The first kappa shape index (κ1) is 19.3. The van der Waals surface area contributed by atoms with Crippen LogP contribution in [0, 0.1) is 0 Å². The van der Waals surface area contributed by atoms with Crippen molar-refractivity contribution >= 4 is 23.4 Å². The number of nitrogens with zero attached hydrogens (tertiary/aromatic N) is 2. The van der Waals surface area contributed by atoms with Gasteiger partial charge in [0, 0.05) is 20.1 Å². The van der Waals surface area contributed by atoms with Crippen LogP contribution < -0.4 is 10.2 Å². The lowest BCUT2D eigenvalue weighted by Crippen LogP contribution is -2.56. The van der Waals surface area contributed by atoms with Crippen LogP contribution in [0.25, 0.3) is 0 Å². The van der Waals surface area contributed by atoms with Crippen LogP contribution in [0.2, 0.25) is 0 Å². The molecule has 7 heteroatoms. The third-order valence-corrected chi connectivity index (χ3v) is 5.12. The molecule has 148 valence electrons. The van der Waals surface area contributed by atoms with Crippen LogP contribution in [0.15, 0.2) is 18.2 Å². The lowest BCUT2D eigenvalue weighted by molar-refractivity contribution is 0.0123. The van der Waals surface area contributed by atoms with E-state index in [0.29, 0.717) is 5.56 Å². The molecule has 3 rings (SSSR count).